The molecular formula is C26H21F5N2O2. The summed E-state index contributed by atoms with van der Waals surface area (Å²) in [5.74, 6) is -0.562. The highest BCUT2D eigenvalue weighted by Gasteiger charge is 2.37. The van der Waals surface area contributed by atoms with E-state index in [0.717, 1.165) is 17.7 Å². The third-order valence-corrected chi connectivity index (χ3v) is 5.62. The maximum Gasteiger partial charge on any atom is 0.416 e. The fourth-order valence-electron chi connectivity index (χ4n) is 3.94. The minimum atomic E-state index is -4.55. The summed E-state index contributed by atoms with van der Waals surface area (Å²) >= 11 is 0. The second-order valence-corrected chi connectivity index (χ2v) is 7.97. The summed E-state index contributed by atoms with van der Waals surface area (Å²) in [6.45, 7) is -1.15. The van der Waals surface area contributed by atoms with E-state index in [-0.39, 0.29) is 23.1 Å². The average molecular weight is 488 g/mol. The lowest BCUT2D eigenvalue weighted by Gasteiger charge is -2.26. The third-order valence-electron chi connectivity index (χ3n) is 5.62. The summed E-state index contributed by atoms with van der Waals surface area (Å²) in [7, 11) is 0. The number of hydrogen-bond donors (Lipinski definition) is 1. The molecule has 0 spiro atoms. The van der Waals surface area contributed by atoms with Crippen LogP contribution in [0.1, 0.15) is 35.7 Å². The van der Waals surface area contributed by atoms with Crippen molar-refractivity contribution in [1.29, 1.82) is 0 Å². The molecule has 4 nitrogen and oxygen atoms in total. The van der Waals surface area contributed by atoms with Crippen molar-refractivity contribution < 1.29 is 31.5 Å². The van der Waals surface area contributed by atoms with Crippen molar-refractivity contribution in [2.24, 2.45) is 0 Å². The summed E-state index contributed by atoms with van der Waals surface area (Å²) in [6.07, 6.45) is -2.98. The highest BCUT2D eigenvalue weighted by Crippen LogP contribution is 2.38. The molecule has 2 unspecified atom stereocenters. The largest absolute Gasteiger partial charge is 0.435 e. The Balaban J connectivity index is 1.70. The van der Waals surface area contributed by atoms with Crippen molar-refractivity contribution in [3.8, 4) is 5.75 Å². The van der Waals surface area contributed by atoms with Gasteiger partial charge in [-0.1, -0.05) is 42.5 Å². The molecule has 9 heteroatoms. The minimum Gasteiger partial charge on any atom is -0.435 e. The Kier molecular flexibility index (Phi) is 6.77. The Labute approximate surface area is 198 Å². The number of amides is 1. The standard InChI is InChI=1S/C26H21F5N2O2/c1-16(17-6-3-2-4-7-17)32-22-15-23(18-8-5-9-19(14-18)26(29,30)31)33(24(22)34)20-10-12-21(13-11-20)35-25(27)28/h2-16,23,25,32H,1H3. The van der Waals surface area contributed by atoms with E-state index in [0.29, 0.717) is 5.69 Å². The van der Waals surface area contributed by atoms with Gasteiger partial charge < -0.3 is 10.1 Å². The Hall–Kier alpha value is -3.88. The van der Waals surface area contributed by atoms with Gasteiger partial charge in [0.05, 0.1) is 17.3 Å². The summed E-state index contributed by atoms with van der Waals surface area (Å²) in [4.78, 5) is 14.7. The van der Waals surface area contributed by atoms with E-state index in [1.54, 1.807) is 6.08 Å². The first kappa shape index (κ1) is 24.3. The first-order chi connectivity index (χ1) is 16.6. The fourth-order valence-corrected chi connectivity index (χ4v) is 3.94. The molecule has 3 aromatic carbocycles. The van der Waals surface area contributed by atoms with E-state index < -0.39 is 30.3 Å². The van der Waals surface area contributed by atoms with Crippen LogP contribution in [0, 0.1) is 0 Å². The lowest BCUT2D eigenvalue weighted by Crippen LogP contribution is -2.33. The van der Waals surface area contributed by atoms with Gasteiger partial charge in [0.15, 0.2) is 0 Å². The van der Waals surface area contributed by atoms with E-state index in [1.807, 2.05) is 37.3 Å². The van der Waals surface area contributed by atoms with Gasteiger partial charge in [0, 0.05) is 11.7 Å². The first-order valence-electron chi connectivity index (χ1n) is 10.7. The Morgan fingerprint density at radius 2 is 1.63 bits per heavy atom. The fraction of sp³-hybridized carbons (Fsp3) is 0.192. The highest BCUT2D eigenvalue weighted by molar-refractivity contribution is 6.09. The Morgan fingerprint density at radius 3 is 2.26 bits per heavy atom. The molecule has 1 heterocycles. The number of rotatable bonds is 7. The number of nitrogens with zero attached hydrogens (tertiary/aromatic N) is 1. The van der Waals surface area contributed by atoms with Gasteiger partial charge in [-0.2, -0.15) is 22.0 Å². The molecule has 0 bridgehead atoms. The molecule has 1 amide bonds. The zero-order valence-electron chi connectivity index (χ0n) is 18.5. The van der Waals surface area contributed by atoms with Crippen LogP contribution in [-0.2, 0) is 11.0 Å². The van der Waals surface area contributed by atoms with Crippen molar-refractivity contribution >= 4 is 11.6 Å². The molecule has 0 aromatic heterocycles. The number of anilines is 1. The molecule has 2 atom stereocenters. The number of carbonyl (C=O) groups is 1. The zero-order valence-corrected chi connectivity index (χ0v) is 18.5. The van der Waals surface area contributed by atoms with Crippen molar-refractivity contribution in [1.82, 2.24) is 5.32 Å². The van der Waals surface area contributed by atoms with E-state index in [9.17, 15) is 26.7 Å². The molecule has 0 saturated carbocycles. The van der Waals surface area contributed by atoms with Crippen LogP contribution in [0.4, 0.5) is 27.6 Å². The van der Waals surface area contributed by atoms with Crippen molar-refractivity contribution in [3.63, 3.8) is 0 Å². The highest BCUT2D eigenvalue weighted by atomic mass is 19.4. The van der Waals surface area contributed by atoms with Crippen LogP contribution in [0.3, 0.4) is 0 Å². The topological polar surface area (TPSA) is 41.6 Å². The normalized spacial score (nSPS) is 16.9. The van der Waals surface area contributed by atoms with Crippen molar-refractivity contribution in [2.45, 2.75) is 31.8 Å². The number of benzene rings is 3. The second kappa shape index (κ2) is 9.77. The van der Waals surface area contributed by atoms with Crippen LogP contribution >= 0.6 is 0 Å². The van der Waals surface area contributed by atoms with E-state index in [1.165, 1.54) is 41.3 Å². The number of alkyl halides is 5. The number of halogens is 5. The van der Waals surface area contributed by atoms with Crippen LogP contribution in [0.5, 0.6) is 5.75 Å². The molecule has 182 valence electrons. The lowest BCUT2D eigenvalue weighted by atomic mass is 10.0. The quantitative estimate of drug-likeness (QED) is 0.380. The van der Waals surface area contributed by atoms with Crippen LogP contribution in [0.15, 0.2) is 90.6 Å². The number of ether oxygens (including phenoxy) is 1. The predicted octanol–water partition coefficient (Wildman–Crippen LogP) is 6.63. The summed E-state index contributed by atoms with van der Waals surface area (Å²) in [6, 6.07) is 18.4. The maximum atomic E-state index is 13.4. The minimum absolute atomic E-state index is 0.102. The average Bonchev–Trinajstić information content (AvgIpc) is 3.15. The third kappa shape index (κ3) is 5.45. The second-order valence-electron chi connectivity index (χ2n) is 7.97. The predicted molar refractivity (Wildman–Crippen MR) is 121 cm³/mol. The summed E-state index contributed by atoms with van der Waals surface area (Å²) < 4.78 is 69.5. The van der Waals surface area contributed by atoms with Crippen molar-refractivity contribution in [2.75, 3.05) is 4.90 Å². The first-order valence-corrected chi connectivity index (χ1v) is 10.7. The van der Waals surface area contributed by atoms with Gasteiger partial charge in [-0.3, -0.25) is 9.69 Å². The molecule has 0 radical (unpaired) electrons. The summed E-state index contributed by atoms with van der Waals surface area (Å²) in [5.41, 5.74) is 0.876. The molecule has 3 aromatic rings. The SMILES string of the molecule is CC(NC1=CC(c2cccc(C(F)(F)F)c2)N(c2ccc(OC(F)F)cc2)C1=O)c1ccccc1. The van der Waals surface area contributed by atoms with Gasteiger partial charge in [-0.05, 0) is 60.5 Å². The molecule has 0 aliphatic carbocycles. The number of nitrogens with one attached hydrogen (secondary N) is 1. The van der Waals surface area contributed by atoms with E-state index in [4.69, 9.17) is 0 Å². The van der Waals surface area contributed by atoms with Crippen LogP contribution in [0.2, 0.25) is 0 Å². The Bertz CT molecular complexity index is 1210. The van der Waals surface area contributed by atoms with Gasteiger partial charge in [0.2, 0.25) is 0 Å². The zero-order chi connectivity index (χ0) is 25.2. The molecule has 1 aliphatic heterocycles. The monoisotopic (exact) mass is 488 g/mol. The molecule has 0 saturated heterocycles. The van der Waals surface area contributed by atoms with Gasteiger partial charge in [0.1, 0.15) is 5.75 Å². The molecule has 35 heavy (non-hydrogen) atoms. The lowest BCUT2D eigenvalue weighted by molar-refractivity contribution is -0.137. The Morgan fingerprint density at radius 1 is 0.943 bits per heavy atom. The van der Waals surface area contributed by atoms with Crippen LogP contribution < -0.4 is 15.0 Å². The van der Waals surface area contributed by atoms with Crippen LogP contribution in [-0.4, -0.2) is 12.5 Å². The molecule has 1 aliphatic rings. The molecular weight excluding hydrogens is 467 g/mol. The molecule has 0 fully saturated rings. The van der Waals surface area contributed by atoms with Gasteiger partial charge in [-0.15, -0.1) is 0 Å². The van der Waals surface area contributed by atoms with E-state index >= 15 is 0 Å². The number of hydrogen-bond acceptors (Lipinski definition) is 3. The molecule has 1 N–H and O–H groups in total. The summed E-state index contributed by atoms with van der Waals surface area (Å²) in [5, 5.41) is 3.15. The van der Waals surface area contributed by atoms with Gasteiger partial charge in [0.25, 0.3) is 5.91 Å². The number of carbonyl (C=O) groups excluding carboxylic acids is 1. The van der Waals surface area contributed by atoms with E-state index in [2.05, 4.69) is 10.1 Å². The maximum absolute atomic E-state index is 13.4. The smallest absolute Gasteiger partial charge is 0.416 e. The molecule has 4 rings (SSSR count). The van der Waals surface area contributed by atoms with Crippen molar-refractivity contribution in [3.05, 3.63) is 107 Å². The van der Waals surface area contributed by atoms with Gasteiger partial charge in [-0.25, -0.2) is 0 Å². The van der Waals surface area contributed by atoms with Crippen LogP contribution in [0.25, 0.3) is 0 Å². The van der Waals surface area contributed by atoms with Gasteiger partial charge >= 0.3 is 12.8 Å².